The van der Waals surface area contributed by atoms with Crippen molar-refractivity contribution in [1.82, 2.24) is 4.90 Å². The molecule has 0 aliphatic carbocycles. The zero-order valence-electron chi connectivity index (χ0n) is 13.2. The Labute approximate surface area is 150 Å². The number of aliphatic imine (C=N–C) groups is 1. The van der Waals surface area contributed by atoms with Gasteiger partial charge in [0.15, 0.2) is 5.17 Å². The number of benzene rings is 2. The number of amidine groups is 1. The van der Waals surface area contributed by atoms with Crippen LogP contribution < -0.4 is 4.74 Å². The van der Waals surface area contributed by atoms with Gasteiger partial charge in [0.05, 0.1) is 13.7 Å². The molecule has 0 saturated carbocycles. The highest BCUT2D eigenvalue weighted by Crippen LogP contribution is 2.23. The van der Waals surface area contributed by atoms with Crippen LogP contribution in [0.15, 0.2) is 53.5 Å². The van der Waals surface area contributed by atoms with Gasteiger partial charge >= 0.3 is 0 Å². The molecule has 0 fully saturated rings. The van der Waals surface area contributed by atoms with Crippen molar-refractivity contribution in [3.05, 3.63) is 64.7 Å². The van der Waals surface area contributed by atoms with Gasteiger partial charge in [0.25, 0.3) is 5.91 Å². The molecule has 0 spiro atoms. The maximum atomic E-state index is 12.7. The van der Waals surface area contributed by atoms with Gasteiger partial charge in [-0.15, -0.1) is 0 Å². The molecule has 1 amide bonds. The number of halogens is 1. The molecule has 0 radical (unpaired) electrons. The molecular weight excluding hydrogens is 344 g/mol. The normalized spacial score (nSPS) is 13.8. The second-order valence-electron chi connectivity index (χ2n) is 5.27. The van der Waals surface area contributed by atoms with Crippen LogP contribution in [0.1, 0.15) is 15.9 Å². The highest BCUT2D eigenvalue weighted by molar-refractivity contribution is 8.13. The van der Waals surface area contributed by atoms with Crippen molar-refractivity contribution in [3.63, 3.8) is 0 Å². The maximum Gasteiger partial charge on any atom is 0.259 e. The lowest BCUT2D eigenvalue weighted by molar-refractivity contribution is 0.0860. The van der Waals surface area contributed by atoms with Crippen LogP contribution in [0.25, 0.3) is 0 Å². The lowest BCUT2D eigenvalue weighted by Crippen LogP contribution is -2.32. The summed E-state index contributed by atoms with van der Waals surface area (Å²) in [6, 6.07) is 14.9. The zero-order valence-corrected chi connectivity index (χ0v) is 14.8. The van der Waals surface area contributed by atoms with Gasteiger partial charge in [0, 0.05) is 22.9 Å². The fourth-order valence-corrected chi connectivity index (χ4v) is 3.60. The van der Waals surface area contributed by atoms with E-state index in [1.807, 2.05) is 24.3 Å². The van der Waals surface area contributed by atoms with Crippen molar-refractivity contribution < 1.29 is 9.53 Å². The molecule has 1 aliphatic rings. The Morgan fingerprint density at radius 1 is 1.29 bits per heavy atom. The highest BCUT2D eigenvalue weighted by atomic mass is 35.5. The Kier molecular flexibility index (Phi) is 5.43. The average Bonchev–Trinajstić information content (AvgIpc) is 3.08. The molecule has 0 unspecified atom stereocenters. The number of carbonyl (C=O) groups is 1. The Morgan fingerprint density at radius 3 is 2.79 bits per heavy atom. The first-order chi connectivity index (χ1) is 11.7. The van der Waals surface area contributed by atoms with E-state index in [0.29, 0.717) is 23.7 Å². The molecule has 6 heteroatoms. The predicted molar refractivity (Wildman–Crippen MR) is 99.1 cm³/mol. The van der Waals surface area contributed by atoms with Gasteiger partial charge in [-0.25, -0.2) is 0 Å². The minimum absolute atomic E-state index is 0.0347. The van der Waals surface area contributed by atoms with E-state index in [1.165, 1.54) is 0 Å². The van der Waals surface area contributed by atoms with Crippen LogP contribution in [0.3, 0.4) is 0 Å². The zero-order chi connectivity index (χ0) is 16.9. The Hall–Kier alpha value is -1.98. The molecule has 0 bridgehead atoms. The second-order valence-corrected chi connectivity index (χ2v) is 6.65. The third kappa shape index (κ3) is 3.91. The largest absolute Gasteiger partial charge is 0.497 e. The van der Waals surface area contributed by atoms with Crippen molar-refractivity contribution >= 4 is 34.4 Å². The Bertz CT molecular complexity index is 762. The van der Waals surface area contributed by atoms with Gasteiger partial charge in [-0.3, -0.25) is 14.7 Å². The second kappa shape index (κ2) is 7.73. The number of methoxy groups -OCH3 is 1. The number of rotatable bonds is 4. The number of amides is 1. The van der Waals surface area contributed by atoms with Crippen LogP contribution in [-0.2, 0) is 5.75 Å². The first-order valence-corrected chi connectivity index (χ1v) is 8.91. The van der Waals surface area contributed by atoms with Crippen molar-refractivity contribution in [1.29, 1.82) is 0 Å². The van der Waals surface area contributed by atoms with Crippen LogP contribution in [-0.4, -0.2) is 36.2 Å². The van der Waals surface area contributed by atoms with Crippen molar-refractivity contribution in [2.24, 2.45) is 4.99 Å². The third-order valence-electron chi connectivity index (χ3n) is 3.64. The first-order valence-electron chi connectivity index (χ1n) is 7.55. The first kappa shape index (κ1) is 16.9. The van der Waals surface area contributed by atoms with E-state index in [0.717, 1.165) is 22.2 Å². The van der Waals surface area contributed by atoms with Gasteiger partial charge in [-0.1, -0.05) is 35.5 Å². The number of nitrogens with zero attached hydrogens (tertiary/aromatic N) is 2. The molecule has 0 saturated heterocycles. The summed E-state index contributed by atoms with van der Waals surface area (Å²) in [4.78, 5) is 18.9. The summed E-state index contributed by atoms with van der Waals surface area (Å²) in [5.41, 5.74) is 1.74. The van der Waals surface area contributed by atoms with E-state index in [1.54, 1.807) is 48.0 Å². The molecule has 3 rings (SSSR count). The van der Waals surface area contributed by atoms with Crippen LogP contribution in [0.5, 0.6) is 5.75 Å². The van der Waals surface area contributed by atoms with E-state index >= 15 is 0 Å². The smallest absolute Gasteiger partial charge is 0.259 e. The third-order valence-corrected chi connectivity index (χ3v) is 4.96. The van der Waals surface area contributed by atoms with Gasteiger partial charge in [0.2, 0.25) is 0 Å². The number of ether oxygens (including phenoxy) is 1. The number of thioether (sulfide) groups is 1. The minimum Gasteiger partial charge on any atom is -0.497 e. The summed E-state index contributed by atoms with van der Waals surface area (Å²) in [5.74, 6) is 1.43. The van der Waals surface area contributed by atoms with E-state index in [9.17, 15) is 4.79 Å². The quantitative estimate of drug-likeness (QED) is 0.824. The summed E-state index contributed by atoms with van der Waals surface area (Å²) >= 11 is 7.57. The fourth-order valence-electron chi connectivity index (χ4n) is 2.40. The van der Waals surface area contributed by atoms with E-state index in [4.69, 9.17) is 16.3 Å². The summed E-state index contributed by atoms with van der Waals surface area (Å²) in [5, 5.41) is 1.48. The topological polar surface area (TPSA) is 41.9 Å². The predicted octanol–water partition coefficient (Wildman–Crippen LogP) is 4.09. The molecule has 4 nitrogen and oxygen atoms in total. The number of hydrogen-bond donors (Lipinski definition) is 0. The number of hydrogen-bond acceptors (Lipinski definition) is 4. The lowest BCUT2D eigenvalue weighted by atomic mass is 10.2. The van der Waals surface area contributed by atoms with E-state index in [-0.39, 0.29) is 5.91 Å². The standard InChI is InChI=1S/C18H17ClN2O2S/c1-23-16-7-5-14(6-8-16)17(22)21-10-9-20-18(21)24-12-13-3-2-4-15(19)11-13/h2-8,11H,9-10,12H2,1H3. The minimum atomic E-state index is -0.0347. The highest BCUT2D eigenvalue weighted by Gasteiger charge is 2.25. The van der Waals surface area contributed by atoms with Crippen LogP contribution in [0.4, 0.5) is 0 Å². The lowest BCUT2D eigenvalue weighted by Gasteiger charge is -2.18. The van der Waals surface area contributed by atoms with Crippen molar-refractivity contribution in [2.75, 3.05) is 20.2 Å². The monoisotopic (exact) mass is 360 g/mol. The molecule has 0 N–H and O–H groups in total. The molecule has 1 heterocycles. The number of carbonyl (C=O) groups excluding carboxylic acids is 1. The van der Waals surface area contributed by atoms with Crippen LogP contribution in [0, 0.1) is 0 Å². The van der Waals surface area contributed by atoms with E-state index < -0.39 is 0 Å². The van der Waals surface area contributed by atoms with Gasteiger partial charge < -0.3 is 4.74 Å². The summed E-state index contributed by atoms with van der Waals surface area (Å²) in [6.45, 7) is 1.25. The molecule has 0 aromatic heterocycles. The maximum absolute atomic E-state index is 12.7. The molecular formula is C18H17ClN2O2S. The molecule has 2 aromatic rings. The van der Waals surface area contributed by atoms with Crippen molar-refractivity contribution in [3.8, 4) is 5.75 Å². The fraction of sp³-hybridized carbons (Fsp3) is 0.222. The van der Waals surface area contributed by atoms with Gasteiger partial charge in [-0.2, -0.15) is 0 Å². The van der Waals surface area contributed by atoms with Crippen molar-refractivity contribution in [2.45, 2.75) is 5.75 Å². The Morgan fingerprint density at radius 2 is 2.08 bits per heavy atom. The van der Waals surface area contributed by atoms with E-state index in [2.05, 4.69) is 4.99 Å². The summed E-state index contributed by atoms with van der Waals surface area (Å²) in [6.07, 6.45) is 0. The molecule has 2 aromatic carbocycles. The average molecular weight is 361 g/mol. The summed E-state index contributed by atoms with van der Waals surface area (Å²) < 4.78 is 5.13. The molecule has 124 valence electrons. The Balaban J connectivity index is 1.67. The molecule has 1 aliphatic heterocycles. The molecule has 24 heavy (non-hydrogen) atoms. The van der Waals surface area contributed by atoms with Gasteiger partial charge in [-0.05, 0) is 42.0 Å². The summed E-state index contributed by atoms with van der Waals surface area (Å²) in [7, 11) is 1.61. The molecule has 0 atom stereocenters. The van der Waals surface area contributed by atoms with Crippen LogP contribution in [0.2, 0.25) is 5.02 Å². The van der Waals surface area contributed by atoms with Crippen LogP contribution >= 0.6 is 23.4 Å². The SMILES string of the molecule is COc1ccc(C(=O)N2CCN=C2SCc2cccc(Cl)c2)cc1. The van der Waals surface area contributed by atoms with Gasteiger partial charge in [0.1, 0.15) is 5.75 Å².